The molecule has 0 aliphatic rings. The van der Waals surface area contributed by atoms with E-state index in [1.54, 1.807) is 42.5 Å². The summed E-state index contributed by atoms with van der Waals surface area (Å²) in [4.78, 5) is 10.7. The van der Waals surface area contributed by atoms with Crippen LogP contribution in [0.15, 0.2) is 78.9 Å². The van der Waals surface area contributed by atoms with Crippen LogP contribution in [0.25, 0.3) is 0 Å². The summed E-state index contributed by atoms with van der Waals surface area (Å²) in [5.41, 5.74) is 0.714. The molecule has 3 rings (SSSR count). The van der Waals surface area contributed by atoms with Crippen molar-refractivity contribution >= 4 is 29.2 Å². The number of aliphatic carboxylic acids is 1. The molecule has 0 bridgehead atoms. The highest BCUT2D eigenvalue weighted by Crippen LogP contribution is 2.26. The number of carboxylic acids is 1. The number of ether oxygens (including phenoxy) is 2. The molecule has 0 heterocycles. The highest BCUT2D eigenvalue weighted by molar-refractivity contribution is 6.35. The van der Waals surface area contributed by atoms with Crippen LogP contribution in [0.4, 0.5) is 0 Å². The van der Waals surface area contributed by atoms with Crippen LogP contribution in [0.3, 0.4) is 0 Å². The Hall–Kier alpha value is -2.69. The van der Waals surface area contributed by atoms with E-state index in [2.05, 4.69) is 0 Å². The number of hydrogen-bond acceptors (Lipinski definition) is 3. The molecule has 0 spiro atoms. The lowest BCUT2D eigenvalue weighted by molar-refractivity contribution is -0.144. The Kier molecular flexibility index (Phi) is 16.4. The van der Waals surface area contributed by atoms with E-state index < -0.39 is 12.1 Å². The zero-order chi connectivity index (χ0) is 24.4. The summed E-state index contributed by atoms with van der Waals surface area (Å²) in [6.45, 7) is 9.70. The minimum Gasteiger partial charge on any atom is -0.489 e. The van der Waals surface area contributed by atoms with Crippen LogP contribution in [0, 0.1) is 0 Å². The van der Waals surface area contributed by atoms with Gasteiger partial charge in [0.2, 0.25) is 0 Å². The van der Waals surface area contributed by atoms with E-state index in [4.69, 9.17) is 37.8 Å². The third-order valence-corrected chi connectivity index (χ3v) is 4.30. The molecule has 4 nitrogen and oxygen atoms in total. The largest absolute Gasteiger partial charge is 0.489 e. The Morgan fingerprint density at radius 1 is 0.781 bits per heavy atom. The predicted octanol–water partition coefficient (Wildman–Crippen LogP) is 8.16. The second-order valence-electron chi connectivity index (χ2n) is 5.71. The summed E-state index contributed by atoms with van der Waals surface area (Å²) < 4.78 is 10.9. The molecule has 1 N–H and O–H groups in total. The van der Waals surface area contributed by atoms with Crippen LogP contribution < -0.4 is 9.47 Å². The highest BCUT2D eigenvalue weighted by Gasteiger charge is 2.12. The van der Waals surface area contributed by atoms with Crippen LogP contribution in [-0.2, 0) is 11.4 Å². The summed E-state index contributed by atoms with van der Waals surface area (Å²) in [7, 11) is 0. The maximum absolute atomic E-state index is 10.7. The third-order valence-electron chi connectivity index (χ3n) is 3.60. The average Bonchev–Trinajstić information content (AvgIpc) is 2.84. The summed E-state index contributed by atoms with van der Waals surface area (Å²) in [5, 5.41) is 9.87. The Morgan fingerprint density at radius 2 is 1.19 bits per heavy atom. The fourth-order valence-electron chi connectivity index (χ4n) is 2.08. The monoisotopic (exact) mass is 478 g/mol. The maximum atomic E-state index is 10.7. The van der Waals surface area contributed by atoms with Crippen molar-refractivity contribution in [2.24, 2.45) is 0 Å². The Labute approximate surface area is 201 Å². The van der Waals surface area contributed by atoms with Crippen molar-refractivity contribution in [3.63, 3.8) is 0 Å². The fourth-order valence-corrected chi connectivity index (χ4v) is 2.59. The first-order chi connectivity index (χ1) is 15.5. The number of halogens is 2. The molecule has 0 saturated carbocycles. The summed E-state index contributed by atoms with van der Waals surface area (Å²) in [6.07, 6.45) is -0.909. The third kappa shape index (κ3) is 11.6. The van der Waals surface area contributed by atoms with Gasteiger partial charge in [0.1, 0.15) is 18.1 Å². The zero-order valence-corrected chi connectivity index (χ0v) is 20.7. The van der Waals surface area contributed by atoms with Gasteiger partial charge in [-0.2, -0.15) is 0 Å². The second kappa shape index (κ2) is 17.9. The van der Waals surface area contributed by atoms with Gasteiger partial charge in [-0.15, -0.1) is 0 Å². The van der Waals surface area contributed by atoms with Gasteiger partial charge in [-0.25, -0.2) is 4.79 Å². The lowest BCUT2D eigenvalue weighted by Gasteiger charge is -2.12. The molecule has 3 aromatic rings. The van der Waals surface area contributed by atoms with Crippen molar-refractivity contribution in [1.29, 1.82) is 0 Å². The van der Waals surface area contributed by atoms with Crippen molar-refractivity contribution in [3.05, 3.63) is 94.5 Å². The Bertz CT molecular complexity index is 822. The molecular weight excluding hydrogens is 447 g/mol. The second-order valence-corrected chi connectivity index (χ2v) is 6.53. The number of rotatable bonds is 6. The minimum atomic E-state index is -1.02. The van der Waals surface area contributed by atoms with E-state index in [9.17, 15) is 4.79 Å². The van der Waals surface area contributed by atoms with Crippen molar-refractivity contribution in [2.75, 3.05) is 0 Å². The Balaban J connectivity index is 0.000000805. The number of carboxylic acid groups (broad SMARTS) is 1. The predicted molar refractivity (Wildman–Crippen MR) is 134 cm³/mol. The van der Waals surface area contributed by atoms with Gasteiger partial charge in [-0.1, -0.05) is 93.4 Å². The SMILES string of the molecule is CC.CC.CC(Oc1ccc(OCc2c(Cl)cccc2Cl)cc1)C(=O)O.c1ccccc1. The zero-order valence-electron chi connectivity index (χ0n) is 19.2. The van der Waals surface area contributed by atoms with E-state index in [0.717, 1.165) is 0 Å². The number of carbonyl (C=O) groups is 1. The van der Waals surface area contributed by atoms with E-state index in [-0.39, 0.29) is 6.61 Å². The first kappa shape index (κ1) is 29.3. The first-order valence-electron chi connectivity index (χ1n) is 10.5. The van der Waals surface area contributed by atoms with Crippen molar-refractivity contribution < 1.29 is 19.4 Å². The molecular formula is C26H32Cl2O4. The topological polar surface area (TPSA) is 55.8 Å². The van der Waals surface area contributed by atoms with Gasteiger partial charge in [0, 0.05) is 15.6 Å². The lowest BCUT2D eigenvalue weighted by Crippen LogP contribution is -2.22. The number of hydrogen-bond donors (Lipinski definition) is 1. The molecule has 6 heteroatoms. The van der Waals surface area contributed by atoms with Crippen molar-refractivity contribution in [2.45, 2.75) is 47.3 Å². The van der Waals surface area contributed by atoms with Gasteiger partial charge in [0.15, 0.2) is 6.10 Å². The van der Waals surface area contributed by atoms with Crippen LogP contribution in [-0.4, -0.2) is 17.2 Å². The van der Waals surface area contributed by atoms with E-state index in [1.807, 2.05) is 64.1 Å². The molecule has 0 aliphatic heterocycles. The first-order valence-corrected chi connectivity index (χ1v) is 11.3. The normalized spacial score (nSPS) is 9.97. The van der Waals surface area contributed by atoms with Crippen LogP contribution >= 0.6 is 23.2 Å². The van der Waals surface area contributed by atoms with E-state index >= 15 is 0 Å². The molecule has 0 saturated heterocycles. The van der Waals surface area contributed by atoms with Crippen molar-refractivity contribution in [1.82, 2.24) is 0 Å². The molecule has 0 aromatic heterocycles. The maximum Gasteiger partial charge on any atom is 0.344 e. The molecule has 0 amide bonds. The van der Waals surface area contributed by atoms with E-state index in [0.29, 0.717) is 27.1 Å². The number of benzene rings is 3. The van der Waals surface area contributed by atoms with E-state index in [1.165, 1.54) is 6.92 Å². The Morgan fingerprint density at radius 3 is 1.59 bits per heavy atom. The summed E-state index contributed by atoms with van der Waals surface area (Å²) >= 11 is 12.1. The molecule has 174 valence electrons. The van der Waals surface area contributed by atoms with Crippen LogP contribution in [0.1, 0.15) is 40.2 Å². The van der Waals surface area contributed by atoms with Crippen LogP contribution in [0.2, 0.25) is 10.0 Å². The van der Waals surface area contributed by atoms with Crippen molar-refractivity contribution in [3.8, 4) is 11.5 Å². The lowest BCUT2D eigenvalue weighted by atomic mass is 10.2. The average molecular weight is 479 g/mol. The molecule has 1 atom stereocenters. The van der Waals surface area contributed by atoms with Gasteiger partial charge in [0.05, 0.1) is 0 Å². The van der Waals surface area contributed by atoms with Gasteiger partial charge in [-0.3, -0.25) is 0 Å². The highest BCUT2D eigenvalue weighted by atomic mass is 35.5. The van der Waals surface area contributed by atoms with Gasteiger partial charge >= 0.3 is 5.97 Å². The minimum absolute atomic E-state index is 0.240. The summed E-state index contributed by atoms with van der Waals surface area (Å²) in [5.74, 6) is 0.0398. The van der Waals surface area contributed by atoms with Gasteiger partial charge in [0.25, 0.3) is 0 Å². The molecule has 0 radical (unpaired) electrons. The molecule has 0 aliphatic carbocycles. The van der Waals surface area contributed by atoms with Gasteiger partial charge in [-0.05, 0) is 43.3 Å². The van der Waals surface area contributed by atoms with Crippen LogP contribution in [0.5, 0.6) is 11.5 Å². The molecule has 32 heavy (non-hydrogen) atoms. The fraction of sp³-hybridized carbons (Fsp3) is 0.269. The molecule has 3 aromatic carbocycles. The quantitative estimate of drug-likeness (QED) is 0.388. The standard InChI is InChI=1S/C16H14Cl2O4.C6H6.2C2H6/c1-10(16(19)20)22-12-7-5-11(6-8-12)21-9-13-14(17)3-2-4-15(13)18;1-2-4-6-5-3-1;2*1-2/h2-8,10H,9H2,1H3,(H,19,20);1-6H;2*1-2H3. The van der Waals surface area contributed by atoms with Gasteiger partial charge < -0.3 is 14.6 Å². The summed E-state index contributed by atoms with van der Waals surface area (Å²) in [6, 6.07) is 23.9. The molecule has 1 unspecified atom stereocenters. The smallest absolute Gasteiger partial charge is 0.344 e. The molecule has 0 fully saturated rings.